The van der Waals surface area contributed by atoms with Crippen LogP contribution in [0.2, 0.25) is 0 Å². The Bertz CT molecular complexity index is 623. The van der Waals surface area contributed by atoms with Crippen LogP contribution >= 0.6 is 0 Å². The van der Waals surface area contributed by atoms with Crippen molar-refractivity contribution >= 4 is 5.91 Å². The first kappa shape index (κ1) is 14.8. The van der Waals surface area contributed by atoms with Gasteiger partial charge in [-0.2, -0.15) is 0 Å². The molecule has 116 valence electrons. The number of amides is 1. The molecule has 1 heterocycles. The number of halogens is 1. The molecule has 1 aliphatic carbocycles. The predicted molar refractivity (Wildman–Crippen MR) is 80.4 cm³/mol. The number of furan rings is 1. The predicted octanol–water partition coefficient (Wildman–Crippen LogP) is 2.70. The molecule has 1 N–H and O–H groups in total. The van der Waals surface area contributed by atoms with Crippen LogP contribution in [0.3, 0.4) is 0 Å². The number of nitrogens with zero attached hydrogens (tertiary/aromatic N) is 1. The van der Waals surface area contributed by atoms with Crippen molar-refractivity contribution in [1.29, 1.82) is 0 Å². The number of hydrogen-bond acceptors (Lipinski definition) is 3. The van der Waals surface area contributed by atoms with Gasteiger partial charge in [0.2, 0.25) is 5.91 Å². The van der Waals surface area contributed by atoms with E-state index in [0.717, 1.165) is 18.6 Å². The zero-order valence-electron chi connectivity index (χ0n) is 12.3. The van der Waals surface area contributed by atoms with Gasteiger partial charge >= 0.3 is 0 Å². The SMILES string of the molecule is O=C(CN(Cc1ccco1)C1CC1)NCc1ccccc1F. The second-order valence-corrected chi connectivity index (χ2v) is 5.58. The van der Waals surface area contributed by atoms with Crippen molar-refractivity contribution in [2.75, 3.05) is 6.54 Å². The highest BCUT2D eigenvalue weighted by molar-refractivity contribution is 5.78. The fourth-order valence-corrected chi connectivity index (χ4v) is 2.43. The summed E-state index contributed by atoms with van der Waals surface area (Å²) in [5.41, 5.74) is 0.500. The van der Waals surface area contributed by atoms with Crippen LogP contribution in [-0.4, -0.2) is 23.4 Å². The van der Waals surface area contributed by atoms with Crippen LogP contribution in [0.5, 0.6) is 0 Å². The number of benzene rings is 1. The van der Waals surface area contributed by atoms with E-state index in [1.54, 1.807) is 24.5 Å². The molecule has 1 aromatic carbocycles. The molecule has 0 bridgehead atoms. The van der Waals surface area contributed by atoms with Gasteiger partial charge in [0, 0.05) is 18.2 Å². The summed E-state index contributed by atoms with van der Waals surface area (Å²) in [6, 6.07) is 10.7. The van der Waals surface area contributed by atoms with Crippen LogP contribution in [0.4, 0.5) is 4.39 Å². The Morgan fingerprint density at radius 3 is 2.77 bits per heavy atom. The molecule has 4 nitrogen and oxygen atoms in total. The van der Waals surface area contributed by atoms with Crippen LogP contribution in [-0.2, 0) is 17.9 Å². The first-order valence-corrected chi connectivity index (χ1v) is 7.49. The lowest BCUT2D eigenvalue weighted by Crippen LogP contribution is -2.37. The molecule has 1 fully saturated rings. The zero-order chi connectivity index (χ0) is 15.4. The summed E-state index contributed by atoms with van der Waals surface area (Å²) in [7, 11) is 0. The monoisotopic (exact) mass is 302 g/mol. The molecule has 2 aromatic rings. The van der Waals surface area contributed by atoms with Gasteiger partial charge in [-0.25, -0.2) is 4.39 Å². The third-order valence-corrected chi connectivity index (χ3v) is 3.78. The van der Waals surface area contributed by atoms with E-state index in [0.29, 0.717) is 24.7 Å². The quantitative estimate of drug-likeness (QED) is 0.855. The van der Waals surface area contributed by atoms with Gasteiger partial charge in [-0.15, -0.1) is 0 Å². The Labute approximate surface area is 128 Å². The molecule has 1 amide bonds. The topological polar surface area (TPSA) is 45.5 Å². The van der Waals surface area contributed by atoms with Crippen molar-refractivity contribution in [3.05, 3.63) is 59.8 Å². The largest absolute Gasteiger partial charge is 0.468 e. The minimum Gasteiger partial charge on any atom is -0.468 e. The van der Waals surface area contributed by atoms with Gasteiger partial charge in [-0.05, 0) is 31.0 Å². The van der Waals surface area contributed by atoms with Crippen molar-refractivity contribution in [1.82, 2.24) is 10.2 Å². The minimum atomic E-state index is -0.294. The number of carbonyl (C=O) groups excluding carboxylic acids is 1. The molecule has 0 atom stereocenters. The first-order valence-electron chi connectivity index (χ1n) is 7.49. The van der Waals surface area contributed by atoms with E-state index in [4.69, 9.17) is 4.42 Å². The molecule has 1 saturated carbocycles. The summed E-state index contributed by atoms with van der Waals surface area (Å²) in [5, 5.41) is 2.78. The van der Waals surface area contributed by atoms with Crippen molar-refractivity contribution in [3.63, 3.8) is 0 Å². The molecule has 0 aliphatic heterocycles. The molecule has 1 aliphatic rings. The van der Waals surface area contributed by atoms with Crippen molar-refractivity contribution in [2.45, 2.75) is 32.0 Å². The van der Waals surface area contributed by atoms with E-state index in [1.807, 2.05) is 12.1 Å². The third-order valence-electron chi connectivity index (χ3n) is 3.78. The number of carbonyl (C=O) groups is 1. The number of rotatable bonds is 7. The summed E-state index contributed by atoms with van der Waals surface area (Å²) in [6.07, 6.45) is 3.86. The zero-order valence-corrected chi connectivity index (χ0v) is 12.3. The second kappa shape index (κ2) is 6.75. The molecule has 5 heteroatoms. The van der Waals surface area contributed by atoms with E-state index in [-0.39, 0.29) is 18.3 Å². The Balaban J connectivity index is 1.52. The molecular weight excluding hydrogens is 283 g/mol. The maximum Gasteiger partial charge on any atom is 0.234 e. The molecule has 0 unspecified atom stereocenters. The van der Waals surface area contributed by atoms with Crippen molar-refractivity contribution in [3.8, 4) is 0 Å². The number of nitrogens with one attached hydrogen (secondary N) is 1. The maximum absolute atomic E-state index is 13.5. The van der Waals surface area contributed by atoms with Crippen LogP contribution < -0.4 is 5.32 Å². The fraction of sp³-hybridized carbons (Fsp3) is 0.353. The molecule has 3 rings (SSSR count). The van der Waals surface area contributed by atoms with Crippen molar-refractivity contribution in [2.24, 2.45) is 0 Å². The van der Waals surface area contributed by atoms with Gasteiger partial charge < -0.3 is 9.73 Å². The van der Waals surface area contributed by atoms with Gasteiger partial charge in [0.15, 0.2) is 0 Å². The standard InChI is InChI=1S/C17H19FN2O2/c18-16-6-2-1-4-13(16)10-19-17(21)12-20(14-7-8-14)11-15-5-3-9-22-15/h1-6,9,14H,7-8,10-12H2,(H,19,21). The highest BCUT2D eigenvalue weighted by Crippen LogP contribution is 2.28. The fourth-order valence-electron chi connectivity index (χ4n) is 2.43. The highest BCUT2D eigenvalue weighted by Gasteiger charge is 2.30. The van der Waals surface area contributed by atoms with Crippen LogP contribution in [0.1, 0.15) is 24.2 Å². The van der Waals surface area contributed by atoms with E-state index in [9.17, 15) is 9.18 Å². The lowest BCUT2D eigenvalue weighted by molar-refractivity contribution is -0.122. The van der Waals surface area contributed by atoms with Crippen LogP contribution in [0.15, 0.2) is 47.1 Å². The van der Waals surface area contributed by atoms with E-state index in [1.165, 1.54) is 6.07 Å². The molecule has 0 saturated heterocycles. The Morgan fingerprint density at radius 1 is 1.27 bits per heavy atom. The molecule has 22 heavy (non-hydrogen) atoms. The average molecular weight is 302 g/mol. The van der Waals surface area contributed by atoms with Crippen LogP contribution in [0, 0.1) is 5.82 Å². The Hall–Kier alpha value is -2.14. The molecule has 0 radical (unpaired) electrons. The average Bonchev–Trinajstić information content (AvgIpc) is 3.24. The molecular formula is C17H19FN2O2. The van der Waals surface area contributed by atoms with E-state index < -0.39 is 0 Å². The third kappa shape index (κ3) is 3.95. The lowest BCUT2D eigenvalue weighted by atomic mass is 10.2. The van der Waals surface area contributed by atoms with Gasteiger partial charge in [0.05, 0.1) is 19.4 Å². The van der Waals surface area contributed by atoms with Gasteiger partial charge in [-0.1, -0.05) is 18.2 Å². The summed E-state index contributed by atoms with van der Waals surface area (Å²) >= 11 is 0. The lowest BCUT2D eigenvalue weighted by Gasteiger charge is -2.20. The summed E-state index contributed by atoms with van der Waals surface area (Å²) < 4.78 is 18.9. The van der Waals surface area contributed by atoms with Gasteiger partial charge in [-0.3, -0.25) is 9.69 Å². The van der Waals surface area contributed by atoms with Gasteiger partial charge in [0.1, 0.15) is 11.6 Å². The molecule has 1 aromatic heterocycles. The summed E-state index contributed by atoms with van der Waals surface area (Å²) in [5.74, 6) is 0.466. The van der Waals surface area contributed by atoms with Gasteiger partial charge in [0.25, 0.3) is 0 Å². The maximum atomic E-state index is 13.5. The second-order valence-electron chi connectivity index (χ2n) is 5.58. The highest BCUT2D eigenvalue weighted by atomic mass is 19.1. The smallest absolute Gasteiger partial charge is 0.234 e. The number of hydrogen-bond donors (Lipinski definition) is 1. The van der Waals surface area contributed by atoms with E-state index >= 15 is 0 Å². The van der Waals surface area contributed by atoms with Crippen LogP contribution in [0.25, 0.3) is 0 Å². The molecule has 0 spiro atoms. The minimum absolute atomic E-state index is 0.0956. The first-order chi connectivity index (χ1) is 10.7. The Kier molecular flexibility index (Phi) is 4.53. The summed E-state index contributed by atoms with van der Waals surface area (Å²) in [6.45, 7) is 1.15. The summed E-state index contributed by atoms with van der Waals surface area (Å²) in [4.78, 5) is 14.2. The van der Waals surface area contributed by atoms with E-state index in [2.05, 4.69) is 10.2 Å². The normalized spacial score (nSPS) is 14.3. The van der Waals surface area contributed by atoms with Crippen molar-refractivity contribution < 1.29 is 13.6 Å². The Morgan fingerprint density at radius 2 is 2.09 bits per heavy atom.